The van der Waals surface area contributed by atoms with E-state index in [0.717, 1.165) is 11.3 Å². The molecule has 0 saturated carbocycles. The monoisotopic (exact) mass is 702 g/mol. The fourth-order valence-corrected chi connectivity index (χ4v) is 5.84. The second-order valence-electron chi connectivity index (χ2n) is 12.5. The molecule has 0 aromatic heterocycles. The third-order valence-corrected chi connectivity index (χ3v) is 8.41. The standard InChI is InChI=1S/C34H43FN4O6.BrH/c1-34(2,3)24-15-22(26(40)20-39-19-23-17-27(42-4)32(44-6)30(35)29(23)33(39)37)16-25(38-12-10-21(18-36)11-13-38)31(24)45-14-8-7-9-28(41)43-5;/h15-17,21,37H,7-14,19-20H2,1-6H3;1H. The van der Waals surface area contributed by atoms with Crippen molar-refractivity contribution in [3.05, 3.63) is 46.3 Å². The van der Waals surface area contributed by atoms with Crippen LogP contribution in [0.25, 0.3) is 0 Å². The van der Waals surface area contributed by atoms with Gasteiger partial charge in [0.1, 0.15) is 11.6 Å². The number of halogens is 2. The van der Waals surface area contributed by atoms with Crippen LogP contribution in [0.5, 0.6) is 17.2 Å². The number of anilines is 1. The molecule has 250 valence electrons. The molecule has 2 heterocycles. The molecular weight excluding hydrogens is 659 g/mol. The van der Waals surface area contributed by atoms with Crippen molar-refractivity contribution in [2.75, 3.05) is 52.5 Å². The number of benzene rings is 2. The van der Waals surface area contributed by atoms with E-state index in [0.29, 0.717) is 68.7 Å². The maximum atomic E-state index is 15.3. The molecule has 2 aliphatic heterocycles. The summed E-state index contributed by atoms with van der Waals surface area (Å²) in [4.78, 5) is 29.2. The van der Waals surface area contributed by atoms with Crippen molar-refractivity contribution in [2.24, 2.45) is 5.92 Å². The van der Waals surface area contributed by atoms with Gasteiger partial charge in [-0.2, -0.15) is 5.26 Å². The maximum Gasteiger partial charge on any atom is 0.305 e. The number of piperidine rings is 1. The van der Waals surface area contributed by atoms with Crippen LogP contribution in [0.15, 0.2) is 18.2 Å². The smallest absolute Gasteiger partial charge is 0.305 e. The molecule has 0 atom stereocenters. The Hall–Kier alpha value is -3.85. The molecule has 0 aliphatic carbocycles. The minimum Gasteiger partial charge on any atom is -0.493 e. The van der Waals surface area contributed by atoms with Gasteiger partial charge in [0.05, 0.1) is 51.8 Å². The van der Waals surface area contributed by atoms with Crippen molar-refractivity contribution < 1.29 is 32.9 Å². The molecule has 10 nitrogen and oxygen atoms in total. The van der Waals surface area contributed by atoms with E-state index in [4.69, 9.17) is 24.4 Å². The topological polar surface area (TPSA) is 125 Å². The molecule has 12 heteroatoms. The van der Waals surface area contributed by atoms with Crippen LogP contribution in [0.2, 0.25) is 0 Å². The Balaban J connectivity index is 0.00000576. The van der Waals surface area contributed by atoms with E-state index in [1.54, 1.807) is 11.0 Å². The number of nitrogens with zero attached hydrogens (tertiary/aromatic N) is 3. The van der Waals surface area contributed by atoms with Gasteiger partial charge in [0.15, 0.2) is 23.1 Å². The maximum absolute atomic E-state index is 15.3. The van der Waals surface area contributed by atoms with Crippen LogP contribution in [0.1, 0.15) is 79.9 Å². The lowest BCUT2D eigenvalue weighted by Crippen LogP contribution is -2.34. The Morgan fingerprint density at radius 1 is 1.07 bits per heavy atom. The first kappa shape index (κ1) is 36.6. The van der Waals surface area contributed by atoms with E-state index in [9.17, 15) is 14.9 Å². The Kier molecular flexibility index (Phi) is 12.4. The quantitative estimate of drug-likeness (QED) is 0.156. The van der Waals surface area contributed by atoms with Crippen LogP contribution < -0.4 is 19.1 Å². The molecule has 1 fully saturated rings. The first-order chi connectivity index (χ1) is 21.4. The highest BCUT2D eigenvalue weighted by Gasteiger charge is 2.34. The molecule has 4 rings (SSSR count). The van der Waals surface area contributed by atoms with Gasteiger partial charge in [-0.1, -0.05) is 20.8 Å². The van der Waals surface area contributed by atoms with Crippen LogP contribution in [-0.2, 0) is 21.5 Å². The largest absolute Gasteiger partial charge is 0.493 e. The molecule has 0 radical (unpaired) electrons. The van der Waals surface area contributed by atoms with E-state index in [1.165, 1.54) is 21.3 Å². The van der Waals surface area contributed by atoms with Gasteiger partial charge in [0.2, 0.25) is 0 Å². The van der Waals surface area contributed by atoms with Gasteiger partial charge < -0.3 is 28.7 Å². The van der Waals surface area contributed by atoms with Crippen molar-refractivity contribution >= 4 is 40.3 Å². The summed E-state index contributed by atoms with van der Waals surface area (Å²) in [5.74, 6) is -0.410. The summed E-state index contributed by atoms with van der Waals surface area (Å²) in [5.41, 5.74) is 2.39. The summed E-state index contributed by atoms with van der Waals surface area (Å²) in [6, 6.07) is 7.72. The number of amidine groups is 1. The van der Waals surface area contributed by atoms with Crippen molar-refractivity contribution in [3.8, 4) is 23.3 Å². The van der Waals surface area contributed by atoms with Crippen LogP contribution >= 0.6 is 17.0 Å². The van der Waals surface area contributed by atoms with Gasteiger partial charge >= 0.3 is 5.97 Å². The zero-order valence-electron chi connectivity index (χ0n) is 27.5. The Morgan fingerprint density at radius 3 is 2.35 bits per heavy atom. The van der Waals surface area contributed by atoms with Crippen molar-refractivity contribution in [1.82, 2.24) is 4.90 Å². The summed E-state index contributed by atoms with van der Waals surface area (Å²) in [5, 5.41) is 18.2. The zero-order chi connectivity index (χ0) is 32.9. The van der Waals surface area contributed by atoms with Gasteiger partial charge in [-0.25, -0.2) is 4.39 Å². The summed E-state index contributed by atoms with van der Waals surface area (Å²) < 4.78 is 37.0. The number of carbonyl (C=O) groups is 2. The average Bonchev–Trinajstić information content (AvgIpc) is 3.34. The molecule has 2 aliphatic rings. The van der Waals surface area contributed by atoms with Crippen LogP contribution in [0.3, 0.4) is 0 Å². The van der Waals surface area contributed by atoms with E-state index in [1.807, 2.05) is 12.1 Å². The molecule has 2 aromatic carbocycles. The summed E-state index contributed by atoms with van der Waals surface area (Å²) in [6.45, 7) is 7.92. The highest BCUT2D eigenvalue weighted by molar-refractivity contribution is 8.93. The van der Waals surface area contributed by atoms with Gasteiger partial charge in [-0.15, -0.1) is 17.0 Å². The average molecular weight is 704 g/mol. The molecule has 2 aromatic rings. The molecule has 0 amide bonds. The summed E-state index contributed by atoms with van der Waals surface area (Å²) >= 11 is 0. The number of hydrogen-bond donors (Lipinski definition) is 1. The van der Waals surface area contributed by atoms with E-state index in [-0.39, 0.29) is 76.1 Å². The second kappa shape index (κ2) is 15.6. The van der Waals surface area contributed by atoms with E-state index < -0.39 is 5.82 Å². The lowest BCUT2D eigenvalue weighted by molar-refractivity contribution is -0.140. The summed E-state index contributed by atoms with van der Waals surface area (Å²) in [7, 11) is 4.14. The predicted octanol–water partition coefficient (Wildman–Crippen LogP) is 6.20. The third kappa shape index (κ3) is 7.92. The second-order valence-corrected chi connectivity index (χ2v) is 12.5. The molecule has 0 bridgehead atoms. The predicted molar refractivity (Wildman–Crippen MR) is 178 cm³/mol. The Labute approximate surface area is 281 Å². The number of rotatable bonds is 12. The molecule has 46 heavy (non-hydrogen) atoms. The highest BCUT2D eigenvalue weighted by Crippen LogP contribution is 2.42. The van der Waals surface area contributed by atoms with Crippen LogP contribution in [-0.4, -0.2) is 70.1 Å². The minimum atomic E-state index is -0.682. The number of nitrogens with one attached hydrogen (secondary N) is 1. The SMILES string of the molecule is Br.COC(=O)CCCCOc1c(N2CCC(C#N)CC2)cc(C(=O)CN2Cc3cc(OC)c(OC)c(F)c3C2=N)cc1C(C)(C)C. The number of unbranched alkanes of at least 4 members (excludes halogenated alkanes) is 1. The van der Waals surface area contributed by atoms with Gasteiger partial charge in [0, 0.05) is 43.1 Å². The first-order valence-corrected chi connectivity index (χ1v) is 15.3. The fourth-order valence-electron chi connectivity index (χ4n) is 5.84. The van der Waals surface area contributed by atoms with Gasteiger partial charge in [0.25, 0.3) is 0 Å². The molecule has 1 N–H and O–H groups in total. The Morgan fingerprint density at radius 2 is 1.76 bits per heavy atom. The number of esters is 1. The van der Waals surface area contributed by atoms with Crippen LogP contribution in [0, 0.1) is 28.5 Å². The number of methoxy groups -OCH3 is 3. The Bertz CT molecular complexity index is 1490. The number of ether oxygens (including phenoxy) is 4. The molecular formula is C34H44BrFN4O6. The zero-order valence-corrected chi connectivity index (χ0v) is 29.2. The molecule has 0 unspecified atom stereocenters. The number of fused-ring (bicyclic) bond motifs is 1. The van der Waals surface area contributed by atoms with Crippen LogP contribution in [0.4, 0.5) is 10.1 Å². The highest BCUT2D eigenvalue weighted by atomic mass is 79.9. The fraction of sp³-hybridized carbons (Fsp3) is 0.529. The van der Waals surface area contributed by atoms with E-state index >= 15 is 4.39 Å². The normalized spacial score (nSPS) is 14.7. The van der Waals surface area contributed by atoms with Crippen molar-refractivity contribution in [3.63, 3.8) is 0 Å². The first-order valence-electron chi connectivity index (χ1n) is 15.3. The molecule has 0 spiro atoms. The lowest BCUT2D eigenvalue weighted by atomic mass is 9.84. The van der Waals surface area contributed by atoms with Crippen molar-refractivity contribution in [2.45, 2.75) is 64.8 Å². The van der Waals surface area contributed by atoms with Crippen molar-refractivity contribution in [1.29, 1.82) is 10.7 Å². The third-order valence-electron chi connectivity index (χ3n) is 8.41. The molecule has 1 saturated heterocycles. The summed E-state index contributed by atoms with van der Waals surface area (Å²) in [6.07, 6.45) is 3.00. The van der Waals surface area contributed by atoms with Gasteiger partial charge in [-0.3, -0.25) is 15.0 Å². The van der Waals surface area contributed by atoms with Gasteiger partial charge in [-0.05, 0) is 54.9 Å². The number of hydrogen-bond acceptors (Lipinski definition) is 9. The number of nitriles is 1. The number of Topliss-reactive ketones (excluding diaryl/α,β-unsaturated/α-hetero) is 1. The minimum absolute atomic E-state index is 0. The number of carbonyl (C=O) groups excluding carboxylic acids is 2. The lowest BCUT2D eigenvalue weighted by Gasteiger charge is -2.35. The number of ketones is 1. The van der Waals surface area contributed by atoms with E-state index in [2.05, 4.69) is 31.7 Å².